The van der Waals surface area contributed by atoms with E-state index >= 15 is 0 Å². The van der Waals surface area contributed by atoms with Gasteiger partial charge in [-0.3, -0.25) is 11.3 Å². The molecule has 1 heterocycles. The predicted molar refractivity (Wildman–Crippen MR) is 67.2 cm³/mol. The zero-order chi connectivity index (χ0) is 11.8. The van der Waals surface area contributed by atoms with Crippen LogP contribution in [-0.4, -0.2) is 0 Å². The first kappa shape index (κ1) is 13.6. The van der Waals surface area contributed by atoms with Gasteiger partial charge in [0.1, 0.15) is 0 Å². The van der Waals surface area contributed by atoms with Crippen LogP contribution in [0.25, 0.3) is 0 Å². The van der Waals surface area contributed by atoms with Gasteiger partial charge in [0, 0.05) is 5.56 Å². The minimum atomic E-state index is 0.105. The van der Waals surface area contributed by atoms with E-state index in [0.717, 1.165) is 18.4 Å². The lowest BCUT2D eigenvalue weighted by Gasteiger charge is -2.14. The molecule has 0 aromatic carbocycles. The minimum Gasteiger partial charge on any atom is -0.453 e. The van der Waals surface area contributed by atoms with Crippen molar-refractivity contribution in [2.75, 3.05) is 0 Å². The number of hydrogen-bond acceptors (Lipinski definition) is 3. The van der Waals surface area contributed by atoms with Gasteiger partial charge < -0.3 is 4.42 Å². The second-order valence-corrected chi connectivity index (χ2v) is 4.42. The van der Waals surface area contributed by atoms with E-state index in [4.69, 9.17) is 21.9 Å². The van der Waals surface area contributed by atoms with Crippen molar-refractivity contribution in [1.29, 1.82) is 0 Å². The topological polar surface area (TPSA) is 51.2 Å². The molecule has 1 rings (SSSR count). The smallest absolute Gasteiger partial charge is 0.197 e. The first-order valence-corrected chi connectivity index (χ1v) is 6.36. The van der Waals surface area contributed by atoms with Crippen LogP contribution < -0.4 is 11.3 Å². The molecular weight excluding hydrogens is 224 g/mol. The molecule has 3 nitrogen and oxygen atoms in total. The Morgan fingerprint density at radius 3 is 2.69 bits per heavy atom. The van der Waals surface area contributed by atoms with Crippen LogP contribution in [0.3, 0.4) is 0 Å². The van der Waals surface area contributed by atoms with Gasteiger partial charge >= 0.3 is 0 Å². The van der Waals surface area contributed by atoms with Crippen molar-refractivity contribution in [1.82, 2.24) is 5.43 Å². The van der Waals surface area contributed by atoms with E-state index < -0.39 is 0 Å². The van der Waals surface area contributed by atoms with E-state index in [1.54, 1.807) is 6.26 Å². The highest BCUT2D eigenvalue weighted by atomic mass is 35.5. The molecule has 0 aliphatic heterocycles. The summed E-state index contributed by atoms with van der Waals surface area (Å²) in [5, 5.41) is 0.441. The third kappa shape index (κ3) is 4.16. The molecule has 1 aromatic rings. The number of halogens is 1. The molecule has 0 amide bonds. The maximum atomic E-state index is 5.91. The Bertz CT molecular complexity index is 288. The standard InChI is InChI=1S/C12H21ClN2O/c1-2-3-4-5-6-7-11(15-14)10-8-9-16-12(10)13/h8-9,11,15H,2-7,14H2,1H3. The first-order valence-electron chi connectivity index (χ1n) is 5.98. The van der Waals surface area contributed by atoms with E-state index in [2.05, 4.69) is 12.3 Å². The lowest BCUT2D eigenvalue weighted by molar-refractivity contribution is 0.472. The van der Waals surface area contributed by atoms with E-state index in [9.17, 15) is 0 Å². The number of unbranched alkanes of at least 4 members (excludes halogenated alkanes) is 4. The van der Waals surface area contributed by atoms with Crippen molar-refractivity contribution in [3.05, 3.63) is 23.1 Å². The normalized spacial score (nSPS) is 12.9. The SMILES string of the molecule is CCCCCCCC(NN)c1ccoc1Cl. The Morgan fingerprint density at radius 1 is 1.38 bits per heavy atom. The molecule has 0 saturated carbocycles. The zero-order valence-electron chi connectivity index (χ0n) is 9.84. The van der Waals surface area contributed by atoms with Crippen LogP contribution in [0.4, 0.5) is 0 Å². The molecule has 0 aliphatic carbocycles. The van der Waals surface area contributed by atoms with Crippen molar-refractivity contribution in [3.63, 3.8) is 0 Å². The van der Waals surface area contributed by atoms with E-state index in [1.165, 1.54) is 25.7 Å². The molecule has 0 fully saturated rings. The van der Waals surface area contributed by atoms with Gasteiger partial charge in [-0.15, -0.1) is 0 Å². The van der Waals surface area contributed by atoms with Gasteiger partial charge in [-0.2, -0.15) is 0 Å². The maximum Gasteiger partial charge on any atom is 0.197 e. The summed E-state index contributed by atoms with van der Waals surface area (Å²) < 4.78 is 5.06. The minimum absolute atomic E-state index is 0.105. The third-order valence-electron chi connectivity index (χ3n) is 2.82. The molecule has 16 heavy (non-hydrogen) atoms. The third-order valence-corrected chi connectivity index (χ3v) is 3.13. The fourth-order valence-corrected chi connectivity index (χ4v) is 2.08. The Labute approximate surface area is 102 Å². The van der Waals surface area contributed by atoms with Crippen LogP contribution in [0.5, 0.6) is 0 Å². The molecule has 0 radical (unpaired) electrons. The van der Waals surface area contributed by atoms with Crippen molar-refractivity contribution in [3.8, 4) is 0 Å². The Hall–Kier alpha value is -0.510. The summed E-state index contributed by atoms with van der Waals surface area (Å²) in [5.74, 6) is 5.52. The second-order valence-electron chi connectivity index (χ2n) is 4.07. The van der Waals surface area contributed by atoms with Gasteiger partial charge in [-0.1, -0.05) is 39.0 Å². The van der Waals surface area contributed by atoms with Gasteiger partial charge in [0.15, 0.2) is 5.22 Å². The Balaban J connectivity index is 2.30. The summed E-state index contributed by atoms with van der Waals surface area (Å²) in [6.07, 6.45) is 8.89. The predicted octanol–water partition coefficient (Wildman–Crippen LogP) is 3.80. The number of furan rings is 1. The Morgan fingerprint density at radius 2 is 2.12 bits per heavy atom. The van der Waals surface area contributed by atoms with Crippen LogP contribution in [0.1, 0.15) is 57.1 Å². The fourth-order valence-electron chi connectivity index (χ4n) is 1.83. The quantitative estimate of drug-likeness (QED) is 0.416. The molecule has 1 unspecified atom stereocenters. The van der Waals surface area contributed by atoms with Crippen molar-refractivity contribution in [2.45, 2.75) is 51.5 Å². The first-order chi connectivity index (χ1) is 7.79. The van der Waals surface area contributed by atoms with Crippen LogP contribution in [0.2, 0.25) is 5.22 Å². The average Bonchev–Trinajstić information content (AvgIpc) is 2.70. The van der Waals surface area contributed by atoms with Crippen LogP contribution >= 0.6 is 11.6 Å². The molecule has 0 saturated heterocycles. The molecule has 0 aliphatic rings. The molecule has 3 N–H and O–H groups in total. The van der Waals surface area contributed by atoms with Gasteiger partial charge in [-0.25, -0.2) is 0 Å². The lowest BCUT2D eigenvalue weighted by Crippen LogP contribution is -2.27. The molecule has 0 bridgehead atoms. The molecule has 92 valence electrons. The maximum absolute atomic E-state index is 5.91. The number of rotatable bonds is 8. The van der Waals surface area contributed by atoms with Crippen molar-refractivity contribution >= 4 is 11.6 Å². The second kappa shape index (κ2) is 7.71. The summed E-state index contributed by atoms with van der Waals surface area (Å²) >= 11 is 5.91. The summed E-state index contributed by atoms with van der Waals surface area (Å²) in [4.78, 5) is 0. The molecule has 0 spiro atoms. The van der Waals surface area contributed by atoms with Crippen molar-refractivity contribution < 1.29 is 4.42 Å². The van der Waals surface area contributed by atoms with Crippen LogP contribution in [-0.2, 0) is 0 Å². The summed E-state index contributed by atoms with van der Waals surface area (Å²) in [7, 11) is 0. The largest absolute Gasteiger partial charge is 0.453 e. The summed E-state index contributed by atoms with van der Waals surface area (Å²) in [6.45, 7) is 2.22. The highest BCUT2D eigenvalue weighted by Crippen LogP contribution is 2.27. The van der Waals surface area contributed by atoms with Gasteiger partial charge in [0.05, 0.1) is 12.3 Å². The number of nitrogens with two attached hydrogens (primary N) is 1. The Kier molecular flexibility index (Phi) is 6.53. The average molecular weight is 245 g/mol. The number of nitrogens with one attached hydrogen (secondary N) is 1. The van der Waals surface area contributed by atoms with Gasteiger partial charge in [-0.05, 0) is 24.1 Å². The summed E-state index contributed by atoms with van der Waals surface area (Å²) in [6, 6.07) is 1.98. The highest BCUT2D eigenvalue weighted by molar-refractivity contribution is 6.29. The molecule has 1 aromatic heterocycles. The number of hydrogen-bond donors (Lipinski definition) is 2. The zero-order valence-corrected chi connectivity index (χ0v) is 10.6. The van der Waals surface area contributed by atoms with Crippen LogP contribution in [0, 0.1) is 0 Å². The van der Waals surface area contributed by atoms with Crippen molar-refractivity contribution in [2.24, 2.45) is 5.84 Å². The van der Waals surface area contributed by atoms with E-state index in [0.29, 0.717) is 5.22 Å². The monoisotopic (exact) mass is 244 g/mol. The molecule has 4 heteroatoms. The fraction of sp³-hybridized carbons (Fsp3) is 0.667. The van der Waals surface area contributed by atoms with Gasteiger partial charge in [0.2, 0.25) is 0 Å². The molecule has 1 atom stereocenters. The lowest BCUT2D eigenvalue weighted by atomic mass is 10.0. The molecular formula is C12H21ClN2O. The van der Waals surface area contributed by atoms with Crippen LogP contribution in [0.15, 0.2) is 16.7 Å². The summed E-state index contributed by atoms with van der Waals surface area (Å²) in [5.41, 5.74) is 3.75. The van der Waals surface area contributed by atoms with E-state index in [-0.39, 0.29) is 6.04 Å². The van der Waals surface area contributed by atoms with Gasteiger partial charge in [0.25, 0.3) is 0 Å². The number of hydrazine groups is 1. The highest BCUT2D eigenvalue weighted by Gasteiger charge is 2.14. The van der Waals surface area contributed by atoms with E-state index in [1.807, 2.05) is 6.07 Å².